The number of carbonyl (C=O) groups is 2. The van der Waals surface area contributed by atoms with Crippen LogP contribution in [0.15, 0.2) is 68.4 Å². The summed E-state index contributed by atoms with van der Waals surface area (Å²) in [5.74, 6) is 0.793. The molecule has 0 unspecified atom stereocenters. The zero-order chi connectivity index (χ0) is 23.4. The van der Waals surface area contributed by atoms with Gasteiger partial charge in [0, 0.05) is 23.4 Å². The topological polar surface area (TPSA) is 97.1 Å². The van der Waals surface area contributed by atoms with Crippen molar-refractivity contribution in [1.29, 1.82) is 0 Å². The zero-order valence-corrected chi connectivity index (χ0v) is 20.0. The quantitative estimate of drug-likeness (QED) is 0.366. The van der Waals surface area contributed by atoms with Gasteiger partial charge in [0.1, 0.15) is 16.5 Å². The molecule has 2 N–H and O–H groups in total. The number of aromatic nitrogens is 2. The van der Waals surface area contributed by atoms with Crippen LogP contribution in [0, 0.1) is 13.8 Å². The highest BCUT2D eigenvalue weighted by Gasteiger charge is 2.17. The van der Waals surface area contributed by atoms with Gasteiger partial charge in [0.05, 0.1) is 12.1 Å². The average molecular weight is 479 g/mol. The number of aryl methyl sites for hydroxylation is 2. The SMILES string of the molecule is CC(=O)NCc1ccc(-c2csc(NC(=O)c3cccnc3Sc3cc(C)ccc3C)n2)o1. The first kappa shape index (κ1) is 22.8. The molecule has 2 amide bonds. The lowest BCUT2D eigenvalue weighted by atomic mass is 10.2. The Kier molecular flexibility index (Phi) is 6.90. The molecule has 0 aliphatic carbocycles. The summed E-state index contributed by atoms with van der Waals surface area (Å²) in [4.78, 5) is 34.0. The van der Waals surface area contributed by atoms with Crippen LogP contribution in [0.5, 0.6) is 0 Å². The van der Waals surface area contributed by atoms with E-state index in [4.69, 9.17) is 4.42 Å². The molecule has 168 valence electrons. The number of amides is 2. The maximum absolute atomic E-state index is 13.0. The van der Waals surface area contributed by atoms with Gasteiger partial charge in [-0.2, -0.15) is 0 Å². The Labute approximate surface area is 199 Å². The minimum Gasteiger partial charge on any atom is -0.458 e. The number of hydrogen-bond acceptors (Lipinski definition) is 7. The number of thiazole rings is 1. The number of pyridine rings is 1. The average Bonchev–Trinajstić information content (AvgIpc) is 3.44. The minimum absolute atomic E-state index is 0.128. The Morgan fingerprint density at radius 2 is 2.00 bits per heavy atom. The second-order valence-electron chi connectivity index (χ2n) is 7.39. The number of benzene rings is 1. The van der Waals surface area contributed by atoms with Crippen molar-refractivity contribution in [2.45, 2.75) is 37.2 Å². The highest BCUT2D eigenvalue weighted by Crippen LogP contribution is 2.32. The van der Waals surface area contributed by atoms with Crippen molar-refractivity contribution in [2.75, 3.05) is 5.32 Å². The van der Waals surface area contributed by atoms with Gasteiger partial charge in [-0.05, 0) is 55.3 Å². The van der Waals surface area contributed by atoms with Crippen molar-refractivity contribution in [2.24, 2.45) is 0 Å². The predicted octanol–water partition coefficient (Wildman–Crippen LogP) is 5.45. The lowest BCUT2D eigenvalue weighted by Crippen LogP contribution is -2.18. The Balaban J connectivity index is 1.48. The molecule has 4 aromatic rings. The summed E-state index contributed by atoms with van der Waals surface area (Å²) >= 11 is 2.78. The first-order chi connectivity index (χ1) is 15.9. The third kappa shape index (κ3) is 5.68. The normalized spacial score (nSPS) is 10.8. The lowest BCUT2D eigenvalue weighted by Gasteiger charge is -2.10. The van der Waals surface area contributed by atoms with Crippen LogP contribution < -0.4 is 10.6 Å². The maximum atomic E-state index is 13.0. The standard InChI is InChI=1S/C24H22N4O3S2/c1-14-6-7-15(2)21(11-14)33-23-18(5-4-10-25-23)22(30)28-24-27-19(13-32-24)20-9-8-17(31-20)12-26-16(3)29/h4-11,13H,12H2,1-3H3,(H,26,29)(H,27,28,30). The van der Waals surface area contributed by atoms with Gasteiger partial charge in [0.15, 0.2) is 10.9 Å². The molecule has 0 saturated carbocycles. The molecule has 0 fully saturated rings. The molecular formula is C24H22N4O3S2. The predicted molar refractivity (Wildman–Crippen MR) is 130 cm³/mol. The third-order valence-electron chi connectivity index (χ3n) is 4.72. The first-order valence-corrected chi connectivity index (χ1v) is 11.9. The molecule has 0 atom stereocenters. The molecule has 0 aliphatic rings. The van der Waals surface area contributed by atoms with Gasteiger partial charge < -0.3 is 9.73 Å². The molecule has 4 rings (SSSR count). The third-order valence-corrected chi connectivity index (χ3v) is 6.65. The van der Waals surface area contributed by atoms with E-state index in [0.717, 1.165) is 16.0 Å². The van der Waals surface area contributed by atoms with Gasteiger partial charge in [-0.25, -0.2) is 9.97 Å². The van der Waals surface area contributed by atoms with Crippen molar-refractivity contribution in [1.82, 2.24) is 15.3 Å². The summed E-state index contributed by atoms with van der Waals surface area (Å²) in [6, 6.07) is 13.3. The molecule has 0 bridgehead atoms. The van der Waals surface area contributed by atoms with Crippen molar-refractivity contribution < 1.29 is 14.0 Å². The fourth-order valence-electron chi connectivity index (χ4n) is 3.00. The Bertz CT molecular complexity index is 1310. The van der Waals surface area contributed by atoms with Crippen LogP contribution in [0.1, 0.15) is 34.2 Å². The van der Waals surface area contributed by atoms with E-state index in [-0.39, 0.29) is 11.8 Å². The van der Waals surface area contributed by atoms with Crippen LogP contribution in [-0.2, 0) is 11.3 Å². The lowest BCUT2D eigenvalue weighted by molar-refractivity contribution is -0.119. The number of hydrogen-bond donors (Lipinski definition) is 2. The molecular weight excluding hydrogens is 456 g/mol. The highest BCUT2D eigenvalue weighted by molar-refractivity contribution is 7.99. The number of carbonyl (C=O) groups excluding carboxylic acids is 2. The smallest absolute Gasteiger partial charge is 0.260 e. The van der Waals surface area contributed by atoms with Crippen molar-refractivity contribution in [3.63, 3.8) is 0 Å². The summed E-state index contributed by atoms with van der Waals surface area (Å²) < 4.78 is 5.73. The Morgan fingerprint density at radius 3 is 2.82 bits per heavy atom. The van der Waals surface area contributed by atoms with Crippen LogP contribution in [0.2, 0.25) is 0 Å². The fraction of sp³-hybridized carbons (Fsp3) is 0.167. The van der Waals surface area contributed by atoms with E-state index >= 15 is 0 Å². The van der Waals surface area contributed by atoms with Crippen molar-refractivity contribution >= 4 is 40.0 Å². The number of furan rings is 1. The van der Waals surface area contributed by atoms with Gasteiger partial charge in [-0.1, -0.05) is 23.9 Å². The second-order valence-corrected chi connectivity index (χ2v) is 9.28. The number of nitrogens with one attached hydrogen (secondary N) is 2. The van der Waals surface area contributed by atoms with Crippen LogP contribution in [0.25, 0.3) is 11.5 Å². The summed E-state index contributed by atoms with van der Waals surface area (Å²) in [6.45, 7) is 5.84. The molecule has 7 nitrogen and oxygen atoms in total. The zero-order valence-electron chi connectivity index (χ0n) is 18.3. The van der Waals surface area contributed by atoms with Crippen LogP contribution in [0.3, 0.4) is 0 Å². The summed E-state index contributed by atoms with van der Waals surface area (Å²) in [7, 11) is 0. The number of rotatable bonds is 7. The minimum atomic E-state index is -0.275. The maximum Gasteiger partial charge on any atom is 0.260 e. The van der Waals surface area contributed by atoms with Gasteiger partial charge in [-0.3, -0.25) is 14.9 Å². The first-order valence-electron chi connectivity index (χ1n) is 10.2. The Morgan fingerprint density at radius 1 is 1.15 bits per heavy atom. The van der Waals surface area contributed by atoms with Crippen LogP contribution >= 0.6 is 23.1 Å². The molecule has 3 aromatic heterocycles. The van der Waals surface area contributed by atoms with Crippen LogP contribution in [-0.4, -0.2) is 21.8 Å². The van der Waals surface area contributed by atoms with E-state index < -0.39 is 0 Å². The summed E-state index contributed by atoms with van der Waals surface area (Å²) in [5.41, 5.74) is 3.37. The van der Waals surface area contributed by atoms with E-state index in [1.807, 2.05) is 19.2 Å². The monoisotopic (exact) mass is 478 g/mol. The second kappa shape index (κ2) is 10.0. The van der Waals surface area contributed by atoms with Gasteiger partial charge in [-0.15, -0.1) is 11.3 Å². The molecule has 0 aliphatic heterocycles. The molecule has 0 radical (unpaired) electrons. The highest BCUT2D eigenvalue weighted by atomic mass is 32.2. The molecule has 0 spiro atoms. The van der Waals surface area contributed by atoms with E-state index in [1.54, 1.807) is 30.5 Å². The molecule has 0 saturated heterocycles. The van der Waals surface area contributed by atoms with E-state index in [1.165, 1.54) is 30.0 Å². The largest absolute Gasteiger partial charge is 0.458 e. The van der Waals surface area contributed by atoms with Crippen molar-refractivity contribution in [3.05, 3.63) is 76.5 Å². The fourth-order valence-corrected chi connectivity index (χ4v) is 4.76. The molecule has 1 aromatic carbocycles. The molecule has 9 heteroatoms. The summed E-state index contributed by atoms with van der Waals surface area (Å²) in [5, 5.41) is 8.46. The van der Waals surface area contributed by atoms with Crippen molar-refractivity contribution in [3.8, 4) is 11.5 Å². The van der Waals surface area contributed by atoms with Gasteiger partial charge in [0.2, 0.25) is 5.91 Å². The van der Waals surface area contributed by atoms with Crippen LogP contribution in [0.4, 0.5) is 5.13 Å². The summed E-state index contributed by atoms with van der Waals surface area (Å²) in [6.07, 6.45) is 1.68. The van der Waals surface area contributed by atoms with Gasteiger partial charge >= 0.3 is 0 Å². The number of nitrogens with zero attached hydrogens (tertiary/aromatic N) is 2. The number of anilines is 1. The van der Waals surface area contributed by atoms with E-state index in [2.05, 4.69) is 38.8 Å². The van der Waals surface area contributed by atoms with Gasteiger partial charge in [0.25, 0.3) is 5.91 Å². The Hall–Kier alpha value is -3.43. The van der Waals surface area contributed by atoms with E-state index in [0.29, 0.717) is 39.5 Å². The van der Waals surface area contributed by atoms with E-state index in [9.17, 15) is 9.59 Å². The molecule has 33 heavy (non-hydrogen) atoms. The molecule has 3 heterocycles.